The predicted octanol–water partition coefficient (Wildman–Crippen LogP) is 0.733. The highest BCUT2D eigenvalue weighted by Gasteiger charge is 2.15. The van der Waals surface area contributed by atoms with Crippen molar-refractivity contribution >= 4 is 23.2 Å². The number of carbonyl (C=O) groups is 2. The van der Waals surface area contributed by atoms with E-state index >= 15 is 0 Å². The van der Waals surface area contributed by atoms with E-state index in [1.165, 1.54) is 0 Å². The maximum atomic E-state index is 11.6. The van der Waals surface area contributed by atoms with E-state index < -0.39 is 0 Å². The summed E-state index contributed by atoms with van der Waals surface area (Å²) < 4.78 is 0. The maximum absolute atomic E-state index is 11.6. The SMILES string of the molecule is C#CCNCC(=O)Nc1ccc2c(c1)CCC(=O)N2. The van der Waals surface area contributed by atoms with Gasteiger partial charge in [0.1, 0.15) is 0 Å². The number of fused-ring (bicyclic) bond motifs is 1. The van der Waals surface area contributed by atoms with Gasteiger partial charge < -0.3 is 10.6 Å². The van der Waals surface area contributed by atoms with Gasteiger partial charge in [-0.05, 0) is 30.2 Å². The fraction of sp³-hybridized carbons (Fsp3) is 0.286. The Balaban J connectivity index is 1.97. The molecule has 0 bridgehead atoms. The minimum absolute atomic E-state index is 0.0303. The van der Waals surface area contributed by atoms with Gasteiger partial charge in [-0.2, -0.15) is 0 Å². The van der Waals surface area contributed by atoms with E-state index in [0.29, 0.717) is 19.4 Å². The van der Waals surface area contributed by atoms with Crippen LogP contribution in [0.25, 0.3) is 0 Å². The van der Waals surface area contributed by atoms with Crippen molar-refractivity contribution in [3.8, 4) is 12.3 Å². The molecular weight excluding hydrogens is 242 g/mol. The van der Waals surface area contributed by atoms with Gasteiger partial charge in [-0.3, -0.25) is 14.9 Å². The fourth-order valence-electron chi connectivity index (χ4n) is 1.91. The van der Waals surface area contributed by atoms with Crippen LogP contribution in [-0.4, -0.2) is 24.9 Å². The smallest absolute Gasteiger partial charge is 0.238 e. The highest BCUT2D eigenvalue weighted by Crippen LogP contribution is 2.25. The molecule has 2 rings (SSSR count). The van der Waals surface area contributed by atoms with Crippen LogP contribution < -0.4 is 16.0 Å². The van der Waals surface area contributed by atoms with Crippen LogP contribution in [0.15, 0.2) is 18.2 Å². The molecule has 0 spiro atoms. The van der Waals surface area contributed by atoms with E-state index in [4.69, 9.17) is 6.42 Å². The molecule has 98 valence electrons. The summed E-state index contributed by atoms with van der Waals surface area (Å²) in [5, 5.41) is 8.39. The highest BCUT2D eigenvalue weighted by molar-refractivity contribution is 5.96. The molecule has 0 fully saturated rings. The molecule has 1 aromatic carbocycles. The van der Waals surface area contributed by atoms with Crippen LogP contribution in [0.4, 0.5) is 11.4 Å². The first kappa shape index (κ1) is 13.1. The lowest BCUT2D eigenvalue weighted by molar-refractivity contribution is -0.116. The number of aryl methyl sites for hydroxylation is 1. The number of carbonyl (C=O) groups excluding carboxylic acids is 2. The number of anilines is 2. The van der Waals surface area contributed by atoms with Crippen LogP contribution in [0.2, 0.25) is 0 Å². The zero-order valence-corrected chi connectivity index (χ0v) is 10.5. The van der Waals surface area contributed by atoms with Gasteiger partial charge in [0.2, 0.25) is 11.8 Å². The molecule has 0 radical (unpaired) electrons. The minimum Gasteiger partial charge on any atom is -0.326 e. The van der Waals surface area contributed by atoms with Crippen molar-refractivity contribution in [2.75, 3.05) is 23.7 Å². The predicted molar refractivity (Wildman–Crippen MR) is 73.7 cm³/mol. The first-order valence-corrected chi connectivity index (χ1v) is 6.06. The van der Waals surface area contributed by atoms with Crippen LogP contribution in [0.1, 0.15) is 12.0 Å². The van der Waals surface area contributed by atoms with E-state index in [2.05, 4.69) is 21.9 Å². The number of hydrogen-bond acceptors (Lipinski definition) is 3. The molecule has 1 aromatic rings. The van der Waals surface area contributed by atoms with Crippen molar-refractivity contribution in [2.24, 2.45) is 0 Å². The molecule has 2 amide bonds. The monoisotopic (exact) mass is 257 g/mol. The van der Waals surface area contributed by atoms with Crippen LogP contribution in [0.3, 0.4) is 0 Å². The third kappa shape index (κ3) is 3.57. The quantitative estimate of drug-likeness (QED) is 0.550. The normalized spacial score (nSPS) is 13.1. The summed E-state index contributed by atoms with van der Waals surface area (Å²) in [4.78, 5) is 22.8. The van der Waals surface area contributed by atoms with E-state index in [0.717, 1.165) is 16.9 Å². The molecule has 5 nitrogen and oxygen atoms in total. The van der Waals surface area contributed by atoms with Gasteiger partial charge in [0.25, 0.3) is 0 Å². The van der Waals surface area contributed by atoms with Gasteiger partial charge in [-0.15, -0.1) is 6.42 Å². The summed E-state index contributed by atoms with van der Waals surface area (Å²) in [6.45, 7) is 0.543. The van der Waals surface area contributed by atoms with E-state index in [-0.39, 0.29) is 18.4 Å². The average Bonchev–Trinajstić information content (AvgIpc) is 2.39. The summed E-state index contributed by atoms with van der Waals surface area (Å²) in [5.74, 6) is 2.29. The van der Waals surface area contributed by atoms with Crippen LogP contribution in [0.5, 0.6) is 0 Å². The van der Waals surface area contributed by atoms with Crippen LogP contribution >= 0.6 is 0 Å². The van der Waals surface area contributed by atoms with Crippen LogP contribution in [-0.2, 0) is 16.0 Å². The van der Waals surface area contributed by atoms with Crippen molar-refractivity contribution < 1.29 is 9.59 Å². The Bertz CT molecular complexity index is 546. The lowest BCUT2D eigenvalue weighted by atomic mass is 10.0. The summed E-state index contributed by atoms with van der Waals surface area (Å²) in [5.41, 5.74) is 2.58. The van der Waals surface area contributed by atoms with Gasteiger partial charge in [-0.1, -0.05) is 5.92 Å². The number of rotatable bonds is 4. The Labute approximate surface area is 111 Å². The zero-order chi connectivity index (χ0) is 13.7. The lowest BCUT2D eigenvalue weighted by Crippen LogP contribution is -2.28. The highest BCUT2D eigenvalue weighted by atomic mass is 16.2. The first-order valence-electron chi connectivity index (χ1n) is 6.06. The van der Waals surface area contributed by atoms with Crippen molar-refractivity contribution in [1.29, 1.82) is 0 Å². The number of nitrogens with one attached hydrogen (secondary N) is 3. The number of amides is 2. The molecular formula is C14H15N3O2. The van der Waals surface area contributed by atoms with Gasteiger partial charge in [0, 0.05) is 17.8 Å². The summed E-state index contributed by atoms with van der Waals surface area (Å²) in [7, 11) is 0. The molecule has 0 unspecified atom stereocenters. The molecule has 19 heavy (non-hydrogen) atoms. The second-order valence-electron chi connectivity index (χ2n) is 4.28. The Morgan fingerprint density at radius 2 is 2.26 bits per heavy atom. The largest absolute Gasteiger partial charge is 0.326 e. The Kier molecular flexibility index (Phi) is 4.16. The third-order valence-electron chi connectivity index (χ3n) is 2.80. The molecule has 1 aliphatic heterocycles. The molecule has 1 heterocycles. The molecule has 0 aliphatic carbocycles. The molecule has 1 aliphatic rings. The molecule has 5 heteroatoms. The van der Waals surface area contributed by atoms with Crippen molar-refractivity contribution in [1.82, 2.24) is 5.32 Å². The Hall–Kier alpha value is -2.32. The molecule has 3 N–H and O–H groups in total. The Morgan fingerprint density at radius 3 is 3.05 bits per heavy atom. The second-order valence-corrected chi connectivity index (χ2v) is 4.28. The number of hydrogen-bond donors (Lipinski definition) is 3. The Morgan fingerprint density at radius 1 is 1.42 bits per heavy atom. The van der Waals surface area contributed by atoms with E-state index in [1.807, 2.05) is 6.07 Å². The standard InChI is InChI=1S/C14H15N3O2/c1-2-7-15-9-14(19)16-11-4-5-12-10(8-11)3-6-13(18)17-12/h1,4-5,8,15H,3,6-7,9H2,(H,16,19)(H,17,18). The summed E-state index contributed by atoms with van der Waals surface area (Å²) in [6, 6.07) is 5.45. The van der Waals surface area contributed by atoms with Crippen molar-refractivity contribution in [3.05, 3.63) is 23.8 Å². The van der Waals surface area contributed by atoms with Crippen LogP contribution in [0, 0.1) is 12.3 Å². The third-order valence-corrected chi connectivity index (χ3v) is 2.80. The minimum atomic E-state index is -0.143. The molecule has 0 saturated heterocycles. The number of benzene rings is 1. The van der Waals surface area contributed by atoms with Gasteiger partial charge >= 0.3 is 0 Å². The molecule has 0 saturated carbocycles. The lowest BCUT2D eigenvalue weighted by Gasteiger charge is -2.17. The number of terminal acetylenes is 1. The van der Waals surface area contributed by atoms with Gasteiger partial charge in [0.05, 0.1) is 13.1 Å². The van der Waals surface area contributed by atoms with Gasteiger partial charge in [0.15, 0.2) is 0 Å². The first-order chi connectivity index (χ1) is 9.19. The van der Waals surface area contributed by atoms with E-state index in [9.17, 15) is 9.59 Å². The molecule has 0 aromatic heterocycles. The zero-order valence-electron chi connectivity index (χ0n) is 10.5. The van der Waals surface area contributed by atoms with E-state index in [1.54, 1.807) is 12.1 Å². The fourth-order valence-corrected chi connectivity index (χ4v) is 1.91. The van der Waals surface area contributed by atoms with Gasteiger partial charge in [-0.25, -0.2) is 0 Å². The van der Waals surface area contributed by atoms with Crippen molar-refractivity contribution in [2.45, 2.75) is 12.8 Å². The average molecular weight is 257 g/mol. The maximum Gasteiger partial charge on any atom is 0.238 e. The molecule has 0 atom stereocenters. The topological polar surface area (TPSA) is 70.2 Å². The summed E-state index contributed by atoms with van der Waals surface area (Å²) in [6.07, 6.45) is 6.25. The summed E-state index contributed by atoms with van der Waals surface area (Å²) >= 11 is 0. The second kappa shape index (κ2) is 6.03. The van der Waals surface area contributed by atoms with Crippen molar-refractivity contribution in [3.63, 3.8) is 0 Å².